The summed E-state index contributed by atoms with van der Waals surface area (Å²) in [6.45, 7) is 0.389. The fraction of sp³-hybridized carbons (Fsp3) is 0.300. The lowest BCUT2D eigenvalue weighted by atomic mass is 9.71. The van der Waals surface area contributed by atoms with E-state index in [-0.39, 0.29) is 23.3 Å². The summed E-state index contributed by atoms with van der Waals surface area (Å²) in [6.07, 6.45) is 3.79. The number of fused-ring (bicyclic) bond motifs is 1. The van der Waals surface area contributed by atoms with Crippen molar-refractivity contribution in [2.45, 2.75) is 44.8 Å². The van der Waals surface area contributed by atoms with Crippen molar-refractivity contribution in [2.24, 2.45) is 22.0 Å². The summed E-state index contributed by atoms with van der Waals surface area (Å²) in [7, 11) is 0. The van der Waals surface area contributed by atoms with Crippen LogP contribution < -0.4 is 5.32 Å². The van der Waals surface area contributed by atoms with Gasteiger partial charge in [0.05, 0.1) is 11.4 Å². The van der Waals surface area contributed by atoms with Crippen molar-refractivity contribution in [1.82, 2.24) is 5.32 Å². The smallest absolute Gasteiger partial charge is 0.407 e. The van der Waals surface area contributed by atoms with E-state index in [4.69, 9.17) is 4.74 Å². The van der Waals surface area contributed by atoms with Gasteiger partial charge in [0.15, 0.2) is 0 Å². The predicted molar refractivity (Wildman–Crippen MR) is 143 cm³/mol. The average molecular weight is 498 g/mol. The van der Waals surface area contributed by atoms with E-state index in [1.54, 1.807) is 24.3 Å². The van der Waals surface area contributed by atoms with Crippen LogP contribution in [0.5, 0.6) is 11.5 Å². The molecule has 5 rings (SSSR count). The fourth-order valence-electron chi connectivity index (χ4n) is 5.29. The van der Waals surface area contributed by atoms with Crippen molar-refractivity contribution in [3.63, 3.8) is 0 Å². The van der Waals surface area contributed by atoms with E-state index in [9.17, 15) is 15.0 Å². The van der Waals surface area contributed by atoms with E-state index in [0.717, 1.165) is 60.2 Å². The molecule has 190 valence electrons. The van der Waals surface area contributed by atoms with Crippen molar-refractivity contribution < 1.29 is 19.7 Å². The third kappa shape index (κ3) is 5.82. The van der Waals surface area contributed by atoms with Crippen molar-refractivity contribution in [3.05, 3.63) is 95.6 Å². The monoisotopic (exact) mass is 497 g/mol. The van der Waals surface area contributed by atoms with Crippen LogP contribution in [0, 0.1) is 11.8 Å². The van der Waals surface area contributed by atoms with E-state index >= 15 is 0 Å². The zero-order valence-corrected chi connectivity index (χ0v) is 20.6. The van der Waals surface area contributed by atoms with Gasteiger partial charge in [0, 0.05) is 18.4 Å². The molecule has 0 bridgehead atoms. The standard InChI is InChI=1S/C30H31N3O4/c34-23-15-11-21(12-16-23)28-25-9-5-2-6-10-26(37-30(36)31-19-20-7-3-1-4-8-20)27(25)29(33-32-28)22-13-17-24(35)18-14-22/h1,3-4,7-8,11-18,25-27,34-35H,2,5-6,9-10,19H2,(H,31,36). The molecule has 1 saturated carbocycles. The second-order valence-electron chi connectivity index (χ2n) is 9.62. The van der Waals surface area contributed by atoms with Crippen LogP contribution in [0.3, 0.4) is 0 Å². The minimum atomic E-state index is -0.452. The van der Waals surface area contributed by atoms with Gasteiger partial charge >= 0.3 is 6.09 Å². The Bertz CT molecular complexity index is 1270. The van der Waals surface area contributed by atoms with E-state index in [0.29, 0.717) is 6.54 Å². The largest absolute Gasteiger partial charge is 0.508 e. The van der Waals surface area contributed by atoms with Gasteiger partial charge in [-0.05, 0) is 84.5 Å². The molecule has 3 unspecified atom stereocenters. The second-order valence-corrected chi connectivity index (χ2v) is 9.62. The number of nitrogens with one attached hydrogen (secondary N) is 1. The van der Waals surface area contributed by atoms with Crippen molar-refractivity contribution in [2.75, 3.05) is 0 Å². The van der Waals surface area contributed by atoms with Gasteiger partial charge in [-0.2, -0.15) is 10.2 Å². The summed E-state index contributed by atoms with van der Waals surface area (Å²) < 4.78 is 6.12. The number of carbonyl (C=O) groups excluding carboxylic acids is 1. The molecule has 0 radical (unpaired) electrons. The summed E-state index contributed by atoms with van der Waals surface area (Å²) in [5.41, 5.74) is 4.35. The number of amides is 1. The number of rotatable bonds is 5. The highest BCUT2D eigenvalue weighted by Gasteiger charge is 2.42. The predicted octanol–water partition coefficient (Wildman–Crippen LogP) is 5.80. The molecule has 7 nitrogen and oxygen atoms in total. The minimum Gasteiger partial charge on any atom is -0.508 e. The number of alkyl carbamates (subject to hydrolysis) is 1. The summed E-state index contributed by atoms with van der Waals surface area (Å²) in [5, 5.41) is 31.9. The summed E-state index contributed by atoms with van der Waals surface area (Å²) in [6, 6.07) is 23.7. The Morgan fingerprint density at radius 1 is 0.784 bits per heavy atom. The van der Waals surface area contributed by atoms with Crippen LogP contribution >= 0.6 is 0 Å². The number of benzene rings is 3. The van der Waals surface area contributed by atoms with Crippen LogP contribution in [0.4, 0.5) is 4.79 Å². The Morgan fingerprint density at radius 3 is 2.05 bits per heavy atom. The molecule has 3 N–H and O–H groups in total. The zero-order valence-electron chi connectivity index (χ0n) is 20.6. The van der Waals surface area contributed by atoms with Gasteiger partial charge in [-0.25, -0.2) is 4.79 Å². The molecule has 1 aliphatic heterocycles. The van der Waals surface area contributed by atoms with Crippen molar-refractivity contribution in [1.29, 1.82) is 0 Å². The molecular weight excluding hydrogens is 466 g/mol. The van der Waals surface area contributed by atoms with E-state index in [2.05, 4.69) is 15.5 Å². The van der Waals surface area contributed by atoms with Crippen LogP contribution in [0.15, 0.2) is 89.1 Å². The van der Waals surface area contributed by atoms with Gasteiger partial charge in [0.2, 0.25) is 0 Å². The molecule has 3 aromatic rings. The van der Waals surface area contributed by atoms with Gasteiger partial charge in [0.1, 0.15) is 17.6 Å². The number of nitrogens with zero attached hydrogens (tertiary/aromatic N) is 2. The molecule has 3 atom stereocenters. The Labute approximate surface area is 216 Å². The second kappa shape index (κ2) is 11.3. The van der Waals surface area contributed by atoms with Crippen molar-refractivity contribution in [3.8, 4) is 11.5 Å². The number of carbonyl (C=O) groups is 1. The summed E-state index contributed by atoms with van der Waals surface area (Å²) >= 11 is 0. The first-order valence-electron chi connectivity index (χ1n) is 12.8. The maximum absolute atomic E-state index is 13.0. The third-order valence-electron chi connectivity index (χ3n) is 7.13. The molecule has 2 aliphatic rings. The molecule has 0 saturated heterocycles. The van der Waals surface area contributed by atoms with Gasteiger partial charge in [-0.1, -0.05) is 43.2 Å². The Balaban J connectivity index is 1.47. The quantitative estimate of drug-likeness (QED) is 0.415. The van der Waals surface area contributed by atoms with Crippen LogP contribution in [-0.4, -0.2) is 33.8 Å². The van der Waals surface area contributed by atoms with Crippen LogP contribution in [0.1, 0.15) is 48.8 Å². The first-order chi connectivity index (χ1) is 18.1. The third-order valence-corrected chi connectivity index (χ3v) is 7.13. The van der Waals surface area contributed by atoms with Crippen LogP contribution in [-0.2, 0) is 11.3 Å². The SMILES string of the molecule is O=C(NCc1ccccc1)OC1CCCCCC2C(c3ccc(O)cc3)=NN=C(c3ccc(O)cc3)C12. The normalized spacial score (nSPS) is 21.5. The molecule has 3 aromatic carbocycles. The molecule has 1 aliphatic carbocycles. The van der Waals surface area contributed by atoms with Gasteiger partial charge in [-0.15, -0.1) is 0 Å². The van der Waals surface area contributed by atoms with Gasteiger partial charge < -0.3 is 20.3 Å². The summed E-state index contributed by atoms with van der Waals surface area (Å²) in [5.74, 6) is 0.154. The highest BCUT2D eigenvalue weighted by Crippen LogP contribution is 2.38. The lowest BCUT2D eigenvalue weighted by molar-refractivity contribution is 0.0577. The zero-order chi connectivity index (χ0) is 25.6. The Hall–Kier alpha value is -4.13. The molecule has 37 heavy (non-hydrogen) atoms. The molecule has 1 amide bonds. The summed E-state index contributed by atoms with van der Waals surface area (Å²) in [4.78, 5) is 13.0. The Morgan fingerprint density at radius 2 is 1.38 bits per heavy atom. The van der Waals surface area contributed by atoms with E-state index < -0.39 is 12.2 Å². The first kappa shape index (κ1) is 24.6. The number of hydrogen-bond donors (Lipinski definition) is 3. The topological polar surface area (TPSA) is 104 Å². The van der Waals surface area contributed by atoms with Gasteiger partial charge in [0.25, 0.3) is 0 Å². The van der Waals surface area contributed by atoms with Crippen LogP contribution in [0.25, 0.3) is 0 Å². The van der Waals surface area contributed by atoms with Crippen molar-refractivity contribution >= 4 is 17.5 Å². The first-order valence-corrected chi connectivity index (χ1v) is 12.8. The number of aromatic hydroxyl groups is 2. The van der Waals surface area contributed by atoms with E-state index in [1.807, 2.05) is 54.6 Å². The average Bonchev–Trinajstić information content (AvgIpc) is 2.91. The number of ether oxygens (including phenoxy) is 1. The molecule has 0 spiro atoms. The highest BCUT2D eigenvalue weighted by atomic mass is 16.6. The lowest BCUT2D eigenvalue weighted by Gasteiger charge is -2.38. The minimum absolute atomic E-state index is 0.0157. The van der Waals surface area contributed by atoms with E-state index in [1.165, 1.54) is 0 Å². The highest BCUT2D eigenvalue weighted by molar-refractivity contribution is 6.12. The molecule has 7 heteroatoms. The van der Waals surface area contributed by atoms with Gasteiger partial charge in [-0.3, -0.25) is 0 Å². The lowest BCUT2D eigenvalue weighted by Crippen LogP contribution is -2.45. The molecule has 1 heterocycles. The molecular formula is C30H31N3O4. The van der Waals surface area contributed by atoms with Crippen LogP contribution in [0.2, 0.25) is 0 Å². The number of phenolic OH excluding ortho intramolecular Hbond substituents is 2. The number of phenols is 2. The fourth-order valence-corrected chi connectivity index (χ4v) is 5.29. The maximum atomic E-state index is 13.0. The molecule has 1 fully saturated rings. The number of hydrogen-bond acceptors (Lipinski definition) is 6. The Kier molecular flexibility index (Phi) is 7.49. The molecule has 0 aromatic heterocycles. The maximum Gasteiger partial charge on any atom is 0.407 e.